The fourth-order valence-electron chi connectivity index (χ4n) is 0.995. The number of nitrogens with zero attached hydrogens (tertiary/aromatic N) is 3. The van der Waals surface area contributed by atoms with Gasteiger partial charge in [-0.1, -0.05) is 5.21 Å². The Hall–Kier alpha value is -2.05. The Morgan fingerprint density at radius 3 is 2.62 bits per heavy atom. The van der Waals surface area contributed by atoms with Gasteiger partial charge in [-0.3, -0.25) is 14.3 Å². The molecule has 1 aromatic rings. The number of ketones is 2. The van der Waals surface area contributed by atoms with Crippen molar-refractivity contribution in [2.75, 3.05) is 6.61 Å². The first-order chi connectivity index (χ1) is 7.54. The normalized spacial score (nSPS) is 9.88. The zero-order valence-electron chi connectivity index (χ0n) is 8.97. The van der Waals surface area contributed by atoms with Crippen LogP contribution in [0.4, 0.5) is 0 Å². The van der Waals surface area contributed by atoms with Crippen LogP contribution < -0.4 is 0 Å². The Balaban J connectivity index is 2.58. The highest BCUT2D eigenvalue weighted by molar-refractivity contribution is 6.38. The molecule has 0 spiro atoms. The van der Waals surface area contributed by atoms with E-state index in [1.54, 1.807) is 14.0 Å². The highest BCUT2D eigenvalue weighted by Crippen LogP contribution is 1.99. The monoisotopic (exact) mass is 225 g/mol. The smallest absolute Gasteiger partial charge is 0.375 e. The average Bonchev–Trinajstić information content (AvgIpc) is 2.65. The summed E-state index contributed by atoms with van der Waals surface area (Å²) in [5, 5.41) is 7.08. The van der Waals surface area contributed by atoms with E-state index in [9.17, 15) is 14.4 Å². The molecule has 0 fully saturated rings. The van der Waals surface area contributed by atoms with Gasteiger partial charge in [0.1, 0.15) is 5.69 Å². The van der Waals surface area contributed by atoms with E-state index in [0.717, 1.165) is 0 Å². The zero-order valence-corrected chi connectivity index (χ0v) is 8.97. The van der Waals surface area contributed by atoms with Gasteiger partial charge in [0.05, 0.1) is 19.2 Å². The highest BCUT2D eigenvalue weighted by Gasteiger charge is 2.21. The van der Waals surface area contributed by atoms with E-state index in [1.165, 1.54) is 10.9 Å². The van der Waals surface area contributed by atoms with Gasteiger partial charge in [-0.05, 0) is 6.92 Å². The van der Waals surface area contributed by atoms with E-state index < -0.39 is 24.0 Å². The molecule has 16 heavy (non-hydrogen) atoms. The number of ether oxygens (including phenoxy) is 1. The maximum absolute atomic E-state index is 11.4. The minimum atomic E-state index is -1.00. The second-order valence-corrected chi connectivity index (χ2v) is 3.02. The van der Waals surface area contributed by atoms with Gasteiger partial charge in [-0.25, -0.2) is 4.79 Å². The van der Waals surface area contributed by atoms with Crippen LogP contribution in [0.15, 0.2) is 6.20 Å². The lowest BCUT2D eigenvalue weighted by molar-refractivity contribution is -0.153. The van der Waals surface area contributed by atoms with Gasteiger partial charge in [0.25, 0.3) is 0 Å². The summed E-state index contributed by atoms with van der Waals surface area (Å²) in [5.41, 5.74) is 0.0557. The molecule has 1 heterocycles. The lowest BCUT2D eigenvalue weighted by Gasteiger charge is -1.98. The van der Waals surface area contributed by atoms with Crippen LogP contribution in [0.5, 0.6) is 0 Å². The van der Waals surface area contributed by atoms with Crippen LogP contribution in [-0.4, -0.2) is 39.1 Å². The summed E-state index contributed by atoms with van der Waals surface area (Å²) in [6, 6.07) is 0. The molecule has 0 aliphatic heterocycles. The molecule has 0 aliphatic carbocycles. The Kier molecular flexibility index (Phi) is 3.87. The summed E-state index contributed by atoms with van der Waals surface area (Å²) < 4.78 is 5.80. The van der Waals surface area contributed by atoms with E-state index >= 15 is 0 Å². The van der Waals surface area contributed by atoms with Gasteiger partial charge in [-0.2, -0.15) is 0 Å². The Bertz CT molecular complexity index is 424. The lowest BCUT2D eigenvalue weighted by atomic mass is 10.1. The molecule has 0 N–H and O–H groups in total. The molecule has 0 bridgehead atoms. The van der Waals surface area contributed by atoms with E-state index in [4.69, 9.17) is 0 Å². The SMILES string of the molecule is CCOC(=O)C(=O)CC(=O)c1cn(C)nn1. The summed E-state index contributed by atoms with van der Waals surface area (Å²) >= 11 is 0. The van der Waals surface area contributed by atoms with Gasteiger partial charge in [0.15, 0.2) is 5.78 Å². The van der Waals surface area contributed by atoms with E-state index in [-0.39, 0.29) is 12.3 Å². The number of aromatic nitrogens is 3. The van der Waals surface area contributed by atoms with Crippen molar-refractivity contribution in [3.05, 3.63) is 11.9 Å². The number of carbonyl (C=O) groups excluding carboxylic acids is 3. The summed E-state index contributed by atoms with van der Waals surface area (Å²) in [4.78, 5) is 33.6. The molecule has 0 atom stereocenters. The van der Waals surface area contributed by atoms with Crippen molar-refractivity contribution < 1.29 is 19.1 Å². The molecule has 0 aliphatic rings. The van der Waals surface area contributed by atoms with Crippen LogP contribution in [0, 0.1) is 0 Å². The van der Waals surface area contributed by atoms with Crippen molar-refractivity contribution in [3.8, 4) is 0 Å². The molecule has 7 heteroatoms. The summed E-state index contributed by atoms with van der Waals surface area (Å²) in [6.07, 6.45) is 0.832. The van der Waals surface area contributed by atoms with Gasteiger partial charge in [-0.15, -0.1) is 5.10 Å². The summed E-state index contributed by atoms with van der Waals surface area (Å²) in [7, 11) is 1.59. The minimum absolute atomic E-state index is 0.0557. The molecular formula is C9H11N3O4. The third-order valence-corrected chi connectivity index (χ3v) is 1.71. The molecule has 7 nitrogen and oxygen atoms in total. The number of Topliss-reactive ketones (excluding diaryl/α,β-unsaturated/α-hetero) is 2. The Labute approximate surface area is 91.4 Å². The molecule has 1 aromatic heterocycles. The van der Waals surface area contributed by atoms with Crippen molar-refractivity contribution in [1.29, 1.82) is 0 Å². The van der Waals surface area contributed by atoms with Crippen molar-refractivity contribution in [2.24, 2.45) is 7.05 Å². The molecule has 0 radical (unpaired) electrons. The third kappa shape index (κ3) is 2.97. The Morgan fingerprint density at radius 2 is 2.12 bits per heavy atom. The maximum Gasteiger partial charge on any atom is 0.375 e. The quantitative estimate of drug-likeness (QED) is 0.291. The van der Waals surface area contributed by atoms with Crippen LogP contribution in [-0.2, 0) is 21.4 Å². The van der Waals surface area contributed by atoms with Gasteiger partial charge in [0.2, 0.25) is 5.78 Å². The minimum Gasteiger partial charge on any atom is -0.460 e. The van der Waals surface area contributed by atoms with Crippen LogP contribution in [0.3, 0.4) is 0 Å². The fraction of sp³-hybridized carbons (Fsp3) is 0.444. The van der Waals surface area contributed by atoms with Crippen LogP contribution in [0.1, 0.15) is 23.8 Å². The van der Waals surface area contributed by atoms with Gasteiger partial charge in [0, 0.05) is 7.05 Å². The zero-order chi connectivity index (χ0) is 12.1. The number of aryl methyl sites for hydroxylation is 1. The second kappa shape index (κ2) is 5.15. The maximum atomic E-state index is 11.4. The van der Waals surface area contributed by atoms with Crippen molar-refractivity contribution >= 4 is 17.5 Å². The van der Waals surface area contributed by atoms with Crippen LogP contribution in [0.2, 0.25) is 0 Å². The molecule has 0 saturated carbocycles. The first kappa shape index (κ1) is 12.0. The van der Waals surface area contributed by atoms with E-state index in [0.29, 0.717) is 0 Å². The lowest BCUT2D eigenvalue weighted by Crippen LogP contribution is -2.20. The number of hydrogen-bond donors (Lipinski definition) is 0. The Morgan fingerprint density at radius 1 is 1.44 bits per heavy atom. The second-order valence-electron chi connectivity index (χ2n) is 3.02. The summed E-state index contributed by atoms with van der Waals surface area (Å²) in [6.45, 7) is 1.68. The van der Waals surface area contributed by atoms with Gasteiger partial charge < -0.3 is 4.74 Å². The number of esters is 1. The van der Waals surface area contributed by atoms with Crippen molar-refractivity contribution in [2.45, 2.75) is 13.3 Å². The number of hydrogen-bond acceptors (Lipinski definition) is 6. The summed E-state index contributed by atoms with van der Waals surface area (Å²) in [5.74, 6) is -2.43. The topological polar surface area (TPSA) is 91.2 Å². The molecular weight excluding hydrogens is 214 g/mol. The molecule has 0 unspecified atom stereocenters. The van der Waals surface area contributed by atoms with Crippen molar-refractivity contribution in [1.82, 2.24) is 15.0 Å². The standard InChI is InChI=1S/C9H11N3O4/c1-3-16-9(15)8(14)4-7(13)6-5-12(2)11-10-6/h5H,3-4H2,1-2H3. The van der Waals surface area contributed by atoms with Crippen LogP contribution in [0.25, 0.3) is 0 Å². The number of carbonyl (C=O) groups is 3. The first-order valence-corrected chi connectivity index (χ1v) is 4.64. The van der Waals surface area contributed by atoms with Crippen molar-refractivity contribution in [3.63, 3.8) is 0 Å². The fourth-order valence-corrected chi connectivity index (χ4v) is 0.995. The molecule has 1 rings (SSSR count). The highest BCUT2D eigenvalue weighted by atomic mass is 16.5. The molecule has 86 valence electrons. The molecule has 0 saturated heterocycles. The average molecular weight is 225 g/mol. The first-order valence-electron chi connectivity index (χ1n) is 4.64. The predicted octanol–water partition coefficient (Wildman–Crippen LogP) is -0.480. The van der Waals surface area contributed by atoms with Crippen LogP contribution >= 0.6 is 0 Å². The predicted molar refractivity (Wildman–Crippen MR) is 51.6 cm³/mol. The van der Waals surface area contributed by atoms with Gasteiger partial charge >= 0.3 is 5.97 Å². The number of rotatable bonds is 5. The largest absolute Gasteiger partial charge is 0.460 e. The van der Waals surface area contributed by atoms with E-state index in [2.05, 4.69) is 15.0 Å². The molecule has 0 amide bonds. The molecule has 0 aromatic carbocycles. The third-order valence-electron chi connectivity index (χ3n) is 1.71. The van der Waals surface area contributed by atoms with E-state index in [1.807, 2.05) is 0 Å².